The van der Waals surface area contributed by atoms with Crippen molar-refractivity contribution < 1.29 is 44.4 Å². The summed E-state index contributed by atoms with van der Waals surface area (Å²) in [6, 6.07) is 3.26. The minimum Gasteiger partial charge on any atom is -0.382 e. The number of ether oxygens (including phenoxy) is 2. The third kappa shape index (κ3) is 6.61. The number of alkyl halides is 3. The van der Waals surface area contributed by atoms with Crippen molar-refractivity contribution in [2.75, 3.05) is 19.3 Å². The number of fused-ring (bicyclic) bond motifs is 1. The van der Waals surface area contributed by atoms with Gasteiger partial charge in [0.25, 0.3) is 0 Å². The van der Waals surface area contributed by atoms with Crippen LogP contribution in [0.5, 0.6) is 5.75 Å². The van der Waals surface area contributed by atoms with Crippen molar-refractivity contribution in [2.45, 2.75) is 58.4 Å². The van der Waals surface area contributed by atoms with Gasteiger partial charge in [0.1, 0.15) is 23.8 Å². The van der Waals surface area contributed by atoms with Gasteiger partial charge in [-0.3, -0.25) is 9.48 Å². The molecule has 1 amide bonds. The number of thiazole rings is 1. The molecule has 3 atom stereocenters. The van der Waals surface area contributed by atoms with Crippen molar-refractivity contribution in [3.8, 4) is 5.75 Å². The molecular weight excluding hydrogens is 604 g/mol. The van der Waals surface area contributed by atoms with E-state index in [1.165, 1.54) is 24.3 Å². The van der Waals surface area contributed by atoms with Crippen LogP contribution in [0.15, 0.2) is 23.6 Å². The van der Waals surface area contributed by atoms with E-state index >= 15 is 0 Å². The lowest BCUT2D eigenvalue weighted by Gasteiger charge is -2.36. The average Bonchev–Trinajstić information content (AvgIpc) is 3.45. The lowest BCUT2D eigenvalue weighted by molar-refractivity contribution is -0.155. The fraction of sp³-hybridized carbons (Fsp3) is 0.500. The molecule has 1 saturated heterocycles. The average molecular weight is 633 g/mol. The first-order valence-corrected chi connectivity index (χ1v) is 15.7. The van der Waals surface area contributed by atoms with E-state index in [-0.39, 0.29) is 60.1 Å². The second-order valence-electron chi connectivity index (χ2n) is 10.4. The van der Waals surface area contributed by atoms with Gasteiger partial charge in [0.05, 0.1) is 24.5 Å². The van der Waals surface area contributed by atoms with E-state index in [0.717, 1.165) is 28.1 Å². The first-order valence-electron chi connectivity index (χ1n) is 13.0. The van der Waals surface area contributed by atoms with E-state index in [9.17, 15) is 30.8 Å². The summed E-state index contributed by atoms with van der Waals surface area (Å²) in [5.74, 6) is -0.891. The van der Waals surface area contributed by atoms with Crippen LogP contribution in [0.4, 0.5) is 17.6 Å². The standard InChI is InChI=1S/C26H28F4N4O6S2/c1-14-9-33(23(35)10-34-15(2)8-22(32-34)26(28,29)30)7-6-16(14)24-31-20(13-41-24)25-38-11-17-18(12-39-25)21(5-4-19(17)27)40-42(3,36)37/h4-5,8,13-14,16,25H,6-7,9-12H2,1-3H3. The molecular formula is C26H28F4N4O6S2. The number of hydrogen-bond acceptors (Lipinski definition) is 9. The molecule has 0 spiro atoms. The Balaban J connectivity index is 1.22. The van der Waals surface area contributed by atoms with Crippen LogP contribution in [0.2, 0.25) is 0 Å². The number of benzene rings is 1. The van der Waals surface area contributed by atoms with Crippen LogP contribution in [0.25, 0.3) is 0 Å². The molecule has 16 heteroatoms. The van der Waals surface area contributed by atoms with Gasteiger partial charge in [-0.25, -0.2) is 9.37 Å². The van der Waals surface area contributed by atoms with Gasteiger partial charge in [0.2, 0.25) is 12.2 Å². The molecule has 3 aromatic rings. The second-order valence-corrected chi connectivity index (χ2v) is 12.9. The van der Waals surface area contributed by atoms with E-state index in [2.05, 4.69) is 5.10 Å². The summed E-state index contributed by atoms with van der Waals surface area (Å²) in [4.78, 5) is 19.2. The highest BCUT2D eigenvalue weighted by Crippen LogP contribution is 2.38. The first kappa shape index (κ1) is 30.4. The predicted octanol–water partition coefficient (Wildman–Crippen LogP) is 4.54. The van der Waals surface area contributed by atoms with E-state index in [1.807, 2.05) is 6.92 Å². The van der Waals surface area contributed by atoms with Gasteiger partial charge in [0, 0.05) is 41.2 Å². The molecule has 0 radical (unpaired) electrons. The van der Waals surface area contributed by atoms with E-state index in [1.54, 1.807) is 10.3 Å². The van der Waals surface area contributed by atoms with Crippen LogP contribution >= 0.6 is 11.3 Å². The number of aromatic nitrogens is 3. The van der Waals surface area contributed by atoms with Gasteiger partial charge in [-0.15, -0.1) is 11.3 Å². The number of halogens is 4. The highest BCUT2D eigenvalue weighted by molar-refractivity contribution is 7.86. The summed E-state index contributed by atoms with van der Waals surface area (Å²) in [7, 11) is -3.85. The zero-order chi connectivity index (χ0) is 30.4. The summed E-state index contributed by atoms with van der Waals surface area (Å²) in [5, 5.41) is 6.14. The maximum absolute atomic E-state index is 14.5. The van der Waals surface area contributed by atoms with Crippen molar-refractivity contribution in [3.05, 3.63) is 62.6 Å². The molecule has 0 aliphatic carbocycles. The Morgan fingerprint density at radius 3 is 2.57 bits per heavy atom. The van der Waals surface area contributed by atoms with Crippen LogP contribution in [0, 0.1) is 18.7 Å². The molecule has 4 heterocycles. The normalized spacial score (nSPS) is 21.6. The molecule has 1 aromatic carbocycles. The molecule has 0 bridgehead atoms. The SMILES string of the molecule is Cc1cc(C(F)(F)F)nn1CC(=O)N1CCC(c2nc(C3OCc4c(F)ccc(OS(C)(=O)=O)c4CO3)cs2)C(C)C1. The van der Waals surface area contributed by atoms with Crippen LogP contribution < -0.4 is 4.18 Å². The molecule has 2 aliphatic rings. The van der Waals surface area contributed by atoms with E-state index in [0.29, 0.717) is 25.2 Å². The number of aryl methyl sites for hydroxylation is 1. The molecule has 2 aliphatic heterocycles. The molecule has 0 N–H and O–H groups in total. The summed E-state index contributed by atoms with van der Waals surface area (Å²) in [5.41, 5.74) is 0.0810. The van der Waals surface area contributed by atoms with Gasteiger partial charge in [0.15, 0.2) is 5.69 Å². The number of rotatable bonds is 6. The minimum atomic E-state index is -4.58. The number of amides is 1. The molecule has 5 rings (SSSR count). The van der Waals surface area contributed by atoms with Crippen molar-refractivity contribution >= 4 is 27.4 Å². The summed E-state index contributed by atoms with van der Waals surface area (Å²) >= 11 is 1.40. The van der Waals surface area contributed by atoms with Crippen LogP contribution in [-0.4, -0.2) is 53.3 Å². The second kappa shape index (κ2) is 11.5. The first-order chi connectivity index (χ1) is 19.7. The smallest absolute Gasteiger partial charge is 0.382 e. The number of nitrogens with zero attached hydrogens (tertiary/aromatic N) is 4. The number of likely N-dealkylation sites (tertiary alicyclic amines) is 1. The Hall–Kier alpha value is -3.08. The summed E-state index contributed by atoms with van der Waals surface area (Å²) in [6.45, 7) is 3.64. The molecule has 0 saturated carbocycles. The Labute approximate surface area is 243 Å². The van der Waals surface area contributed by atoms with Gasteiger partial charge in [-0.05, 0) is 37.5 Å². The third-order valence-electron chi connectivity index (χ3n) is 7.24. The number of carbonyl (C=O) groups excluding carboxylic acids is 1. The van der Waals surface area contributed by atoms with Gasteiger partial charge < -0.3 is 18.6 Å². The summed E-state index contributed by atoms with van der Waals surface area (Å²) < 4.78 is 94.5. The van der Waals surface area contributed by atoms with Crippen molar-refractivity contribution in [1.82, 2.24) is 19.7 Å². The molecule has 3 unspecified atom stereocenters. The zero-order valence-corrected chi connectivity index (χ0v) is 24.5. The summed E-state index contributed by atoms with van der Waals surface area (Å²) in [6.07, 6.45) is -4.02. The Morgan fingerprint density at radius 2 is 1.93 bits per heavy atom. The van der Waals surface area contributed by atoms with Gasteiger partial charge in [-0.2, -0.15) is 26.7 Å². The topological polar surface area (TPSA) is 113 Å². The lowest BCUT2D eigenvalue weighted by atomic mass is 9.87. The number of hydrogen-bond donors (Lipinski definition) is 0. The maximum atomic E-state index is 14.5. The lowest BCUT2D eigenvalue weighted by Crippen LogP contribution is -2.43. The van der Waals surface area contributed by atoms with Crippen molar-refractivity contribution in [1.29, 1.82) is 0 Å². The van der Waals surface area contributed by atoms with Gasteiger partial charge >= 0.3 is 16.3 Å². The third-order valence-corrected chi connectivity index (χ3v) is 8.72. The Morgan fingerprint density at radius 1 is 1.21 bits per heavy atom. The fourth-order valence-electron chi connectivity index (χ4n) is 5.09. The monoisotopic (exact) mass is 632 g/mol. The van der Waals surface area contributed by atoms with E-state index < -0.39 is 34.1 Å². The van der Waals surface area contributed by atoms with Crippen molar-refractivity contribution in [3.63, 3.8) is 0 Å². The number of piperidine rings is 1. The molecule has 2 aromatic heterocycles. The van der Waals surface area contributed by atoms with E-state index in [4.69, 9.17) is 18.6 Å². The number of carbonyl (C=O) groups is 1. The Kier molecular flexibility index (Phi) is 8.35. The fourth-order valence-corrected chi connectivity index (χ4v) is 6.66. The van der Waals surface area contributed by atoms with Gasteiger partial charge in [-0.1, -0.05) is 6.92 Å². The van der Waals surface area contributed by atoms with Crippen LogP contribution in [0.1, 0.15) is 58.8 Å². The molecule has 1 fully saturated rings. The highest BCUT2D eigenvalue weighted by atomic mass is 32.2. The zero-order valence-electron chi connectivity index (χ0n) is 22.9. The predicted molar refractivity (Wildman–Crippen MR) is 141 cm³/mol. The maximum Gasteiger partial charge on any atom is 0.435 e. The molecule has 42 heavy (non-hydrogen) atoms. The molecule has 228 valence electrons. The van der Waals surface area contributed by atoms with Crippen LogP contribution in [0.3, 0.4) is 0 Å². The largest absolute Gasteiger partial charge is 0.435 e. The van der Waals surface area contributed by atoms with Crippen LogP contribution in [-0.2, 0) is 50.3 Å². The molecule has 10 nitrogen and oxygen atoms in total. The highest BCUT2D eigenvalue weighted by Gasteiger charge is 2.36. The Bertz CT molecular complexity index is 1590. The minimum absolute atomic E-state index is 0.0103. The quantitative estimate of drug-likeness (QED) is 0.288. The van der Waals surface area contributed by atoms with Crippen molar-refractivity contribution in [2.24, 2.45) is 5.92 Å².